The predicted molar refractivity (Wildman–Crippen MR) is 112 cm³/mol. The number of carbonyl (C=O) groups excluding carboxylic acids is 1. The molecule has 0 saturated heterocycles. The van der Waals surface area contributed by atoms with Gasteiger partial charge in [-0.15, -0.1) is 0 Å². The van der Waals surface area contributed by atoms with E-state index in [1.54, 1.807) is 0 Å². The van der Waals surface area contributed by atoms with Crippen molar-refractivity contribution in [3.63, 3.8) is 0 Å². The van der Waals surface area contributed by atoms with Crippen LogP contribution in [0.4, 0.5) is 8.78 Å². The SMILES string of the molecule is O=C(C1C=CC(C2C=CCCC2OC(F)F)=CC1)N(C1CC1)C1CCc2[nH]ncc2C1. The van der Waals surface area contributed by atoms with Crippen molar-refractivity contribution in [3.05, 3.63) is 53.4 Å². The Morgan fingerprint density at radius 3 is 2.81 bits per heavy atom. The number of aromatic nitrogens is 2. The topological polar surface area (TPSA) is 58.2 Å². The molecule has 1 heterocycles. The van der Waals surface area contributed by atoms with E-state index in [9.17, 15) is 13.6 Å². The predicted octanol–water partition coefficient (Wildman–Crippen LogP) is 4.33. The second-order valence-corrected chi connectivity index (χ2v) is 9.12. The highest BCUT2D eigenvalue weighted by Gasteiger charge is 2.41. The number of hydrogen-bond donors (Lipinski definition) is 1. The third kappa shape index (κ3) is 4.38. The van der Waals surface area contributed by atoms with Crippen LogP contribution in [0.15, 0.2) is 42.2 Å². The quantitative estimate of drug-likeness (QED) is 0.685. The summed E-state index contributed by atoms with van der Waals surface area (Å²) in [6.45, 7) is -2.76. The number of rotatable bonds is 6. The molecule has 1 aromatic rings. The molecule has 4 aliphatic carbocycles. The summed E-state index contributed by atoms with van der Waals surface area (Å²) in [7, 11) is 0. The number of halogens is 2. The number of allylic oxidation sites excluding steroid dienone is 3. The summed E-state index contributed by atoms with van der Waals surface area (Å²) in [4.78, 5) is 15.7. The number of H-pyrrole nitrogens is 1. The van der Waals surface area contributed by atoms with Crippen molar-refractivity contribution >= 4 is 5.91 Å². The number of ether oxygens (including phenoxy) is 1. The van der Waals surface area contributed by atoms with Crippen LogP contribution in [0.25, 0.3) is 0 Å². The van der Waals surface area contributed by atoms with E-state index >= 15 is 0 Å². The lowest BCUT2D eigenvalue weighted by Gasteiger charge is -2.37. The summed E-state index contributed by atoms with van der Waals surface area (Å²) in [6, 6.07) is 0.587. The lowest BCUT2D eigenvalue weighted by Crippen LogP contribution is -2.47. The van der Waals surface area contributed by atoms with Gasteiger partial charge in [-0.2, -0.15) is 13.9 Å². The molecule has 0 aliphatic heterocycles. The van der Waals surface area contributed by atoms with Crippen molar-refractivity contribution in [1.29, 1.82) is 0 Å². The van der Waals surface area contributed by atoms with Crippen LogP contribution < -0.4 is 0 Å². The molecule has 4 aliphatic rings. The highest BCUT2D eigenvalue weighted by molar-refractivity contribution is 5.82. The maximum Gasteiger partial charge on any atom is 0.345 e. The Hall–Kier alpha value is -2.28. The highest BCUT2D eigenvalue weighted by atomic mass is 19.3. The smallest absolute Gasteiger partial charge is 0.336 e. The molecule has 7 heteroatoms. The molecule has 5 rings (SSSR count). The van der Waals surface area contributed by atoms with E-state index in [1.807, 2.05) is 36.6 Å². The zero-order chi connectivity index (χ0) is 21.4. The van der Waals surface area contributed by atoms with Gasteiger partial charge >= 0.3 is 6.61 Å². The van der Waals surface area contributed by atoms with Gasteiger partial charge in [0.1, 0.15) is 0 Å². The van der Waals surface area contributed by atoms with Gasteiger partial charge in [0, 0.05) is 23.7 Å². The molecule has 166 valence electrons. The van der Waals surface area contributed by atoms with Gasteiger partial charge in [-0.1, -0.05) is 30.4 Å². The summed E-state index contributed by atoms with van der Waals surface area (Å²) < 4.78 is 30.5. The number of hydrogen-bond acceptors (Lipinski definition) is 3. The summed E-state index contributed by atoms with van der Waals surface area (Å²) in [6.07, 6.45) is 18.2. The Bertz CT molecular complexity index is 902. The molecule has 1 N–H and O–H groups in total. The van der Waals surface area contributed by atoms with E-state index in [0.29, 0.717) is 18.9 Å². The average molecular weight is 430 g/mol. The van der Waals surface area contributed by atoms with E-state index < -0.39 is 12.7 Å². The highest BCUT2D eigenvalue weighted by Crippen LogP contribution is 2.37. The first-order valence-corrected chi connectivity index (χ1v) is 11.4. The Balaban J connectivity index is 1.26. The summed E-state index contributed by atoms with van der Waals surface area (Å²) in [5.74, 6) is -0.157. The van der Waals surface area contributed by atoms with Crippen molar-refractivity contribution in [2.45, 2.75) is 76.2 Å². The van der Waals surface area contributed by atoms with E-state index in [-0.39, 0.29) is 23.8 Å². The van der Waals surface area contributed by atoms with E-state index in [4.69, 9.17) is 4.74 Å². The monoisotopic (exact) mass is 429 g/mol. The van der Waals surface area contributed by atoms with Gasteiger partial charge in [-0.25, -0.2) is 0 Å². The molecule has 0 aromatic carbocycles. The Morgan fingerprint density at radius 1 is 1.19 bits per heavy atom. The number of nitrogens with one attached hydrogen (secondary N) is 1. The molecule has 1 amide bonds. The normalized spacial score (nSPS) is 30.2. The molecule has 1 fully saturated rings. The molecule has 0 radical (unpaired) electrons. The lowest BCUT2D eigenvalue weighted by molar-refractivity contribution is -0.171. The number of aryl methyl sites for hydroxylation is 1. The van der Waals surface area contributed by atoms with Crippen LogP contribution in [0.3, 0.4) is 0 Å². The first-order chi connectivity index (χ1) is 15.1. The minimum atomic E-state index is -2.76. The molecule has 4 unspecified atom stereocenters. The van der Waals surface area contributed by atoms with E-state index in [1.165, 1.54) is 11.3 Å². The molecule has 31 heavy (non-hydrogen) atoms. The molecule has 4 atom stereocenters. The summed E-state index contributed by atoms with van der Waals surface area (Å²) in [5.41, 5.74) is 3.40. The van der Waals surface area contributed by atoms with E-state index in [0.717, 1.165) is 44.1 Å². The van der Waals surface area contributed by atoms with Gasteiger partial charge in [0.15, 0.2) is 0 Å². The zero-order valence-electron chi connectivity index (χ0n) is 17.6. The van der Waals surface area contributed by atoms with Crippen molar-refractivity contribution in [2.75, 3.05) is 0 Å². The van der Waals surface area contributed by atoms with Crippen molar-refractivity contribution in [1.82, 2.24) is 15.1 Å². The van der Waals surface area contributed by atoms with Gasteiger partial charge in [-0.3, -0.25) is 9.89 Å². The number of carbonyl (C=O) groups is 1. The minimum absolute atomic E-state index is 0.174. The number of aromatic amines is 1. The van der Waals surface area contributed by atoms with Crippen LogP contribution in [0.5, 0.6) is 0 Å². The molecule has 0 bridgehead atoms. The van der Waals surface area contributed by atoms with Crippen LogP contribution in [0.1, 0.15) is 49.8 Å². The second-order valence-electron chi connectivity index (χ2n) is 9.12. The maximum absolute atomic E-state index is 13.5. The van der Waals surface area contributed by atoms with Crippen LogP contribution >= 0.6 is 0 Å². The van der Waals surface area contributed by atoms with Gasteiger partial charge in [-0.05, 0) is 62.5 Å². The van der Waals surface area contributed by atoms with Crippen molar-refractivity contribution in [3.8, 4) is 0 Å². The molecular weight excluding hydrogens is 400 g/mol. The van der Waals surface area contributed by atoms with Gasteiger partial charge < -0.3 is 9.64 Å². The van der Waals surface area contributed by atoms with Gasteiger partial charge in [0.2, 0.25) is 5.91 Å². The van der Waals surface area contributed by atoms with Crippen LogP contribution in [-0.2, 0) is 22.4 Å². The molecule has 1 saturated carbocycles. The molecule has 0 spiro atoms. The van der Waals surface area contributed by atoms with Crippen molar-refractivity contribution < 1.29 is 18.3 Å². The third-order valence-electron chi connectivity index (χ3n) is 7.05. The standard InChI is InChI=1S/C24H29F2N3O2/c25-24(26)31-22-4-2-1-3-20(22)15-5-7-16(8-6-15)23(30)29(18-9-10-18)19-11-12-21-17(13-19)14-27-28-21/h1,3,5-7,14,16,18-20,22,24H,2,4,8-13H2,(H,27,28). The molecule has 5 nitrogen and oxygen atoms in total. The van der Waals surface area contributed by atoms with Crippen molar-refractivity contribution in [2.24, 2.45) is 11.8 Å². The minimum Gasteiger partial charge on any atom is -0.336 e. The maximum atomic E-state index is 13.5. The first-order valence-electron chi connectivity index (χ1n) is 11.4. The van der Waals surface area contributed by atoms with Crippen LogP contribution in [0, 0.1) is 11.8 Å². The Kier molecular flexibility index (Phi) is 5.78. The summed E-state index contributed by atoms with van der Waals surface area (Å²) >= 11 is 0. The lowest BCUT2D eigenvalue weighted by atomic mass is 9.82. The fourth-order valence-electron chi connectivity index (χ4n) is 5.32. The number of amides is 1. The third-order valence-corrected chi connectivity index (χ3v) is 7.05. The summed E-state index contributed by atoms with van der Waals surface area (Å²) in [5, 5.41) is 7.23. The molecular formula is C24H29F2N3O2. The Morgan fingerprint density at radius 2 is 2.06 bits per heavy atom. The Labute approximate surface area is 181 Å². The average Bonchev–Trinajstić information content (AvgIpc) is 3.49. The number of alkyl halides is 2. The van der Waals surface area contributed by atoms with Crippen LogP contribution in [0.2, 0.25) is 0 Å². The fourth-order valence-corrected chi connectivity index (χ4v) is 5.32. The largest absolute Gasteiger partial charge is 0.345 e. The molecule has 1 aromatic heterocycles. The van der Waals surface area contributed by atoms with Gasteiger partial charge in [0.25, 0.3) is 0 Å². The zero-order valence-corrected chi connectivity index (χ0v) is 17.6. The fraction of sp³-hybridized carbons (Fsp3) is 0.583. The van der Waals surface area contributed by atoms with Gasteiger partial charge in [0.05, 0.1) is 18.2 Å². The van der Waals surface area contributed by atoms with Crippen LogP contribution in [-0.4, -0.2) is 45.8 Å². The number of nitrogens with zero attached hydrogens (tertiary/aromatic N) is 2. The van der Waals surface area contributed by atoms with E-state index in [2.05, 4.69) is 15.1 Å². The first kappa shape index (κ1) is 20.6. The second kappa shape index (κ2) is 8.69. The number of fused-ring (bicyclic) bond motifs is 1.